The quantitative estimate of drug-likeness (QED) is 0.799. The van der Waals surface area contributed by atoms with Crippen LogP contribution in [0, 0.1) is 6.92 Å². The Balaban J connectivity index is 3.35. The average Bonchev–Trinajstić information content (AvgIpc) is 2.17. The molecule has 0 aliphatic carbocycles. The molecule has 0 radical (unpaired) electrons. The maximum absolute atomic E-state index is 10.8. The lowest BCUT2D eigenvalue weighted by Crippen LogP contribution is -2.03. The minimum Gasteiger partial charge on any atom is -0.496 e. The fourth-order valence-electron chi connectivity index (χ4n) is 1.33. The first-order valence-corrected chi connectivity index (χ1v) is 4.06. The Kier molecular flexibility index (Phi) is 2.96. The van der Waals surface area contributed by atoms with Crippen molar-refractivity contribution in [1.82, 2.24) is 0 Å². The van der Waals surface area contributed by atoms with Crippen LogP contribution in [0.2, 0.25) is 0 Å². The Morgan fingerprint density at radius 1 is 1.29 bits per heavy atom. The second-order valence-corrected chi connectivity index (χ2v) is 2.78. The molecular weight excluding hydrogens is 184 g/mol. The molecule has 0 unspecified atom stereocenters. The van der Waals surface area contributed by atoms with Crippen LogP contribution >= 0.6 is 0 Å². The van der Waals surface area contributed by atoms with Crippen molar-refractivity contribution in [1.29, 1.82) is 0 Å². The lowest BCUT2D eigenvalue weighted by molar-refractivity contribution is 0.0693. The molecule has 4 heteroatoms. The van der Waals surface area contributed by atoms with Crippen LogP contribution in [0.1, 0.15) is 15.9 Å². The van der Waals surface area contributed by atoms with E-state index in [4.69, 9.17) is 14.6 Å². The van der Waals surface area contributed by atoms with Gasteiger partial charge in [-0.05, 0) is 19.1 Å². The fourth-order valence-corrected chi connectivity index (χ4v) is 1.33. The number of methoxy groups -OCH3 is 2. The van der Waals surface area contributed by atoms with Crippen LogP contribution in [0.25, 0.3) is 0 Å². The highest BCUT2D eigenvalue weighted by molar-refractivity contribution is 5.91. The maximum Gasteiger partial charge on any atom is 0.339 e. The zero-order chi connectivity index (χ0) is 10.7. The van der Waals surface area contributed by atoms with Crippen molar-refractivity contribution in [3.63, 3.8) is 0 Å². The number of carboxylic acids is 1. The highest BCUT2D eigenvalue weighted by Crippen LogP contribution is 2.30. The molecule has 1 rings (SSSR count). The number of rotatable bonds is 3. The van der Waals surface area contributed by atoms with Gasteiger partial charge in [0.15, 0.2) is 0 Å². The van der Waals surface area contributed by atoms with Crippen molar-refractivity contribution in [2.45, 2.75) is 6.92 Å². The van der Waals surface area contributed by atoms with Crippen LogP contribution in [-0.4, -0.2) is 25.3 Å². The first-order chi connectivity index (χ1) is 6.61. The molecule has 0 aromatic heterocycles. The topological polar surface area (TPSA) is 55.8 Å². The Bertz CT molecular complexity index is 357. The van der Waals surface area contributed by atoms with Gasteiger partial charge in [-0.3, -0.25) is 0 Å². The van der Waals surface area contributed by atoms with Crippen LogP contribution in [0.15, 0.2) is 12.1 Å². The standard InChI is InChI=1S/C10H12O4/c1-6-8(13-2)5-4-7(10(11)12)9(6)14-3/h4-5H,1-3H3,(H,11,12). The van der Waals surface area contributed by atoms with Crippen LogP contribution in [0.4, 0.5) is 0 Å². The zero-order valence-corrected chi connectivity index (χ0v) is 8.33. The molecule has 1 N–H and O–H groups in total. The molecule has 76 valence electrons. The van der Waals surface area contributed by atoms with Crippen LogP contribution < -0.4 is 9.47 Å². The lowest BCUT2D eigenvalue weighted by Gasteiger charge is -2.11. The second kappa shape index (κ2) is 4.00. The van der Waals surface area contributed by atoms with Crippen LogP contribution in [-0.2, 0) is 0 Å². The number of aromatic carboxylic acids is 1. The molecule has 0 amide bonds. The first-order valence-electron chi connectivity index (χ1n) is 4.06. The molecule has 14 heavy (non-hydrogen) atoms. The van der Waals surface area contributed by atoms with E-state index in [2.05, 4.69) is 0 Å². The number of ether oxygens (including phenoxy) is 2. The number of benzene rings is 1. The van der Waals surface area contributed by atoms with Crippen LogP contribution in [0.3, 0.4) is 0 Å². The molecule has 1 aromatic rings. The van der Waals surface area contributed by atoms with Crippen molar-refractivity contribution in [2.75, 3.05) is 14.2 Å². The summed E-state index contributed by atoms with van der Waals surface area (Å²) in [6.45, 7) is 1.75. The minimum atomic E-state index is -1.01. The summed E-state index contributed by atoms with van der Waals surface area (Å²) in [7, 11) is 2.97. The highest BCUT2D eigenvalue weighted by Gasteiger charge is 2.15. The smallest absolute Gasteiger partial charge is 0.339 e. The van der Waals surface area contributed by atoms with Crippen LogP contribution in [0.5, 0.6) is 11.5 Å². The van der Waals surface area contributed by atoms with Crippen molar-refractivity contribution >= 4 is 5.97 Å². The van der Waals surface area contributed by atoms with Gasteiger partial charge in [-0.25, -0.2) is 4.79 Å². The third-order valence-corrected chi connectivity index (χ3v) is 2.01. The van der Waals surface area contributed by atoms with Gasteiger partial charge in [0.05, 0.1) is 14.2 Å². The van der Waals surface area contributed by atoms with Gasteiger partial charge in [0.2, 0.25) is 0 Å². The fraction of sp³-hybridized carbons (Fsp3) is 0.300. The summed E-state index contributed by atoms with van der Waals surface area (Å²) in [5, 5.41) is 8.86. The molecule has 4 nitrogen and oxygen atoms in total. The Labute approximate surface area is 82.1 Å². The summed E-state index contributed by atoms with van der Waals surface area (Å²) in [6.07, 6.45) is 0. The van der Waals surface area contributed by atoms with E-state index in [1.165, 1.54) is 20.3 Å². The molecule has 1 aromatic carbocycles. The van der Waals surface area contributed by atoms with Gasteiger partial charge in [-0.2, -0.15) is 0 Å². The van der Waals surface area contributed by atoms with Gasteiger partial charge in [0.25, 0.3) is 0 Å². The summed E-state index contributed by atoms with van der Waals surface area (Å²) in [5.74, 6) is -0.0451. The minimum absolute atomic E-state index is 0.144. The van der Waals surface area contributed by atoms with Gasteiger partial charge in [-0.1, -0.05) is 0 Å². The molecule has 0 spiro atoms. The van der Waals surface area contributed by atoms with E-state index < -0.39 is 5.97 Å². The van der Waals surface area contributed by atoms with Crippen molar-refractivity contribution < 1.29 is 19.4 Å². The number of hydrogen-bond donors (Lipinski definition) is 1. The van der Waals surface area contributed by atoms with Gasteiger partial charge in [-0.15, -0.1) is 0 Å². The van der Waals surface area contributed by atoms with Crippen molar-refractivity contribution in [2.24, 2.45) is 0 Å². The average molecular weight is 196 g/mol. The molecule has 0 aliphatic heterocycles. The molecule has 0 bridgehead atoms. The van der Waals surface area contributed by atoms with E-state index >= 15 is 0 Å². The predicted octanol–water partition coefficient (Wildman–Crippen LogP) is 1.71. The summed E-state index contributed by atoms with van der Waals surface area (Å²) in [4.78, 5) is 10.8. The van der Waals surface area contributed by atoms with E-state index in [9.17, 15) is 4.79 Å². The first kappa shape index (κ1) is 10.4. The van der Waals surface area contributed by atoms with E-state index in [1.807, 2.05) is 0 Å². The Morgan fingerprint density at radius 3 is 2.36 bits per heavy atom. The molecule has 0 aliphatic rings. The summed E-state index contributed by atoms with van der Waals surface area (Å²) in [6, 6.07) is 3.08. The van der Waals surface area contributed by atoms with E-state index in [-0.39, 0.29) is 5.56 Å². The zero-order valence-electron chi connectivity index (χ0n) is 8.33. The largest absolute Gasteiger partial charge is 0.496 e. The van der Waals surface area contributed by atoms with Gasteiger partial charge in [0, 0.05) is 5.56 Å². The normalized spacial score (nSPS) is 9.64. The summed E-state index contributed by atoms with van der Waals surface area (Å²) >= 11 is 0. The number of hydrogen-bond acceptors (Lipinski definition) is 3. The molecule has 0 saturated carbocycles. The van der Waals surface area contributed by atoms with E-state index in [0.717, 1.165) is 0 Å². The monoisotopic (exact) mass is 196 g/mol. The second-order valence-electron chi connectivity index (χ2n) is 2.78. The van der Waals surface area contributed by atoms with Gasteiger partial charge in [0.1, 0.15) is 17.1 Å². The summed E-state index contributed by atoms with van der Waals surface area (Å²) in [5.41, 5.74) is 0.834. The lowest BCUT2D eigenvalue weighted by atomic mass is 10.1. The van der Waals surface area contributed by atoms with Crippen molar-refractivity contribution in [3.8, 4) is 11.5 Å². The molecular formula is C10H12O4. The molecule has 0 fully saturated rings. The molecule has 0 saturated heterocycles. The predicted molar refractivity (Wildman–Crippen MR) is 51.2 cm³/mol. The number of carbonyl (C=O) groups is 1. The van der Waals surface area contributed by atoms with Gasteiger partial charge >= 0.3 is 5.97 Å². The highest BCUT2D eigenvalue weighted by atomic mass is 16.5. The summed E-state index contributed by atoms with van der Waals surface area (Å²) < 4.78 is 10.1. The van der Waals surface area contributed by atoms with Crippen molar-refractivity contribution in [3.05, 3.63) is 23.3 Å². The molecule has 0 atom stereocenters. The third kappa shape index (κ3) is 1.64. The SMILES string of the molecule is COc1ccc(C(=O)O)c(OC)c1C. The van der Waals surface area contributed by atoms with E-state index in [1.54, 1.807) is 13.0 Å². The molecule has 0 heterocycles. The van der Waals surface area contributed by atoms with E-state index in [0.29, 0.717) is 17.1 Å². The Morgan fingerprint density at radius 2 is 1.93 bits per heavy atom. The third-order valence-electron chi connectivity index (χ3n) is 2.01. The van der Waals surface area contributed by atoms with Gasteiger partial charge < -0.3 is 14.6 Å². The Hall–Kier alpha value is -1.71. The maximum atomic E-state index is 10.8. The number of carboxylic acid groups (broad SMARTS) is 1.